The van der Waals surface area contributed by atoms with E-state index in [-0.39, 0.29) is 34.2 Å². The molecule has 0 aliphatic heterocycles. The minimum Gasteiger partial charge on any atom is -0.426 e. The number of nitrogens with zero attached hydrogens (tertiary/aromatic N) is 2. The van der Waals surface area contributed by atoms with Crippen LogP contribution in [-0.2, 0) is 19.2 Å². The molecular formula is C27H22N2O8. The predicted molar refractivity (Wildman–Crippen MR) is 132 cm³/mol. The van der Waals surface area contributed by atoms with Gasteiger partial charge in [-0.15, -0.1) is 0 Å². The van der Waals surface area contributed by atoms with Gasteiger partial charge in [-0.3, -0.25) is 19.2 Å². The Labute approximate surface area is 211 Å². The molecule has 3 aromatic carbocycles. The second-order valence-corrected chi connectivity index (χ2v) is 7.88. The molecule has 0 saturated carbocycles. The van der Waals surface area contributed by atoms with Crippen LogP contribution in [0.2, 0.25) is 0 Å². The van der Waals surface area contributed by atoms with Crippen molar-refractivity contribution >= 4 is 34.8 Å². The molecule has 4 rings (SSSR count). The molecule has 0 bridgehead atoms. The van der Waals surface area contributed by atoms with Crippen molar-refractivity contribution in [2.24, 2.45) is 0 Å². The smallest absolute Gasteiger partial charge is 0.308 e. The Morgan fingerprint density at radius 3 is 1.51 bits per heavy atom. The van der Waals surface area contributed by atoms with E-state index in [2.05, 4.69) is 0 Å². The number of fused-ring (bicyclic) bond motifs is 1. The predicted octanol–water partition coefficient (Wildman–Crippen LogP) is 4.39. The van der Waals surface area contributed by atoms with Crippen molar-refractivity contribution in [3.63, 3.8) is 0 Å². The lowest BCUT2D eigenvalue weighted by molar-refractivity contribution is -0.133. The minimum absolute atomic E-state index is 0.0968. The number of benzene rings is 3. The SMILES string of the molecule is CC(=O)Oc1cccc(OC(C)=O)c1-c1nn(-c2c(OC(C)=O)cccc2OC(C)=O)c2ccccc12. The Bertz CT molecular complexity index is 1370. The number of hydrogen-bond donors (Lipinski definition) is 0. The van der Waals surface area contributed by atoms with E-state index in [0.717, 1.165) is 0 Å². The van der Waals surface area contributed by atoms with Crippen LogP contribution in [0.3, 0.4) is 0 Å². The molecule has 188 valence electrons. The second kappa shape index (κ2) is 10.3. The summed E-state index contributed by atoms with van der Waals surface area (Å²) in [6, 6.07) is 16.4. The number of para-hydroxylation sites is 2. The van der Waals surface area contributed by atoms with E-state index in [1.54, 1.807) is 48.5 Å². The largest absolute Gasteiger partial charge is 0.426 e. The van der Waals surface area contributed by atoms with Gasteiger partial charge in [-0.1, -0.05) is 30.3 Å². The third kappa shape index (κ3) is 5.32. The maximum atomic E-state index is 11.9. The number of carbonyl (C=O) groups excluding carboxylic acids is 4. The highest BCUT2D eigenvalue weighted by molar-refractivity contribution is 5.99. The van der Waals surface area contributed by atoms with Gasteiger partial charge in [0.1, 0.15) is 17.2 Å². The average Bonchev–Trinajstić information content (AvgIpc) is 3.17. The average molecular weight is 502 g/mol. The fraction of sp³-hybridized carbons (Fsp3) is 0.148. The van der Waals surface area contributed by atoms with Gasteiger partial charge in [-0.2, -0.15) is 5.10 Å². The molecule has 10 nitrogen and oxygen atoms in total. The molecule has 0 N–H and O–H groups in total. The highest BCUT2D eigenvalue weighted by atomic mass is 16.6. The quantitative estimate of drug-likeness (QED) is 0.279. The normalized spacial score (nSPS) is 10.6. The monoisotopic (exact) mass is 502 g/mol. The molecule has 0 unspecified atom stereocenters. The zero-order valence-electron chi connectivity index (χ0n) is 20.4. The summed E-state index contributed by atoms with van der Waals surface area (Å²) in [7, 11) is 0. The van der Waals surface area contributed by atoms with Gasteiger partial charge in [0.2, 0.25) is 0 Å². The van der Waals surface area contributed by atoms with Crippen LogP contribution in [0.4, 0.5) is 0 Å². The Balaban J connectivity index is 2.08. The van der Waals surface area contributed by atoms with Crippen LogP contribution >= 0.6 is 0 Å². The maximum Gasteiger partial charge on any atom is 0.308 e. The van der Waals surface area contributed by atoms with Gasteiger partial charge >= 0.3 is 23.9 Å². The molecule has 0 fully saturated rings. The number of esters is 4. The molecule has 10 heteroatoms. The van der Waals surface area contributed by atoms with Gasteiger partial charge in [0.15, 0.2) is 17.2 Å². The maximum absolute atomic E-state index is 11.9. The van der Waals surface area contributed by atoms with Crippen LogP contribution in [0.5, 0.6) is 23.0 Å². The van der Waals surface area contributed by atoms with E-state index in [1.165, 1.54) is 44.5 Å². The summed E-state index contributed by atoms with van der Waals surface area (Å²) >= 11 is 0. The Morgan fingerprint density at radius 2 is 1.03 bits per heavy atom. The van der Waals surface area contributed by atoms with Crippen molar-refractivity contribution < 1.29 is 38.1 Å². The van der Waals surface area contributed by atoms with E-state index >= 15 is 0 Å². The van der Waals surface area contributed by atoms with Crippen LogP contribution < -0.4 is 18.9 Å². The molecule has 0 amide bonds. The summed E-state index contributed by atoms with van der Waals surface area (Å²) in [5.74, 6) is -1.90. The van der Waals surface area contributed by atoms with Crippen molar-refractivity contribution in [3.05, 3.63) is 60.7 Å². The van der Waals surface area contributed by atoms with Crippen molar-refractivity contribution in [1.29, 1.82) is 0 Å². The summed E-state index contributed by atoms with van der Waals surface area (Å²) in [4.78, 5) is 47.4. The van der Waals surface area contributed by atoms with E-state index < -0.39 is 23.9 Å². The third-order valence-electron chi connectivity index (χ3n) is 5.00. The first kappa shape index (κ1) is 25.1. The first-order chi connectivity index (χ1) is 17.7. The van der Waals surface area contributed by atoms with E-state index in [0.29, 0.717) is 16.6 Å². The molecule has 1 aromatic heterocycles. The van der Waals surface area contributed by atoms with Gasteiger partial charge < -0.3 is 18.9 Å². The molecule has 0 aliphatic carbocycles. The molecule has 37 heavy (non-hydrogen) atoms. The molecule has 0 aliphatic rings. The second-order valence-electron chi connectivity index (χ2n) is 7.88. The van der Waals surface area contributed by atoms with E-state index in [4.69, 9.17) is 24.0 Å². The van der Waals surface area contributed by atoms with Crippen LogP contribution in [0, 0.1) is 0 Å². The van der Waals surface area contributed by atoms with Crippen molar-refractivity contribution in [2.45, 2.75) is 27.7 Å². The van der Waals surface area contributed by atoms with Gasteiger partial charge in [-0.25, -0.2) is 4.68 Å². The first-order valence-electron chi connectivity index (χ1n) is 11.1. The van der Waals surface area contributed by atoms with Crippen molar-refractivity contribution in [1.82, 2.24) is 9.78 Å². The fourth-order valence-electron chi connectivity index (χ4n) is 3.83. The summed E-state index contributed by atoms with van der Waals surface area (Å²) in [6.07, 6.45) is 0. The van der Waals surface area contributed by atoms with E-state index in [9.17, 15) is 19.2 Å². The van der Waals surface area contributed by atoms with Crippen LogP contribution in [0.25, 0.3) is 27.8 Å². The van der Waals surface area contributed by atoms with Gasteiger partial charge in [0.25, 0.3) is 0 Å². The molecule has 0 saturated heterocycles. The third-order valence-corrected chi connectivity index (χ3v) is 5.00. The Hall–Kier alpha value is -4.99. The zero-order chi connectivity index (χ0) is 26.7. The number of ether oxygens (including phenoxy) is 4. The molecule has 0 radical (unpaired) electrons. The topological polar surface area (TPSA) is 123 Å². The number of aromatic nitrogens is 2. The lowest BCUT2D eigenvalue weighted by atomic mass is 10.1. The number of rotatable bonds is 6. The standard InChI is InChI=1S/C27H22N2O8/c1-15(30)34-21-11-7-12-22(35-16(2)31)25(21)26-19-9-5-6-10-20(19)29(28-26)27-23(36-17(3)32)13-8-14-24(27)37-18(4)33/h5-14H,1-4H3. The summed E-state index contributed by atoms with van der Waals surface area (Å²) in [5.41, 5.74) is 1.28. The molecular weight excluding hydrogens is 480 g/mol. The first-order valence-corrected chi connectivity index (χ1v) is 11.1. The fourth-order valence-corrected chi connectivity index (χ4v) is 3.83. The van der Waals surface area contributed by atoms with Crippen molar-refractivity contribution in [3.8, 4) is 39.9 Å². The number of hydrogen-bond acceptors (Lipinski definition) is 9. The molecule has 1 heterocycles. The highest BCUT2D eigenvalue weighted by Gasteiger charge is 2.26. The van der Waals surface area contributed by atoms with Gasteiger partial charge in [0, 0.05) is 33.1 Å². The van der Waals surface area contributed by atoms with Crippen molar-refractivity contribution in [2.75, 3.05) is 0 Å². The summed E-state index contributed by atoms with van der Waals surface area (Å²) < 4.78 is 23.1. The van der Waals surface area contributed by atoms with Gasteiger partial charge in [-0.05, 0) is 30.3 Å². The van der Waals surface area contributed by atoms with Crippen LogP contribution in [-0.4, -0.2) is 33.7 Å². The number of carbonyl (C=O) groups is 4. The lowest BCUT2D eigenvalue weighted by Crippen LogP contribution is -2.11. The molecule has 4 aromatic rings. The highest BCUT2D eigenvalue weighted by Crippen LogP contribution is 2.43. The Kier molecular flexibility index (Phi) is 7.01. The lowest BCUT2D eigenvalue weighted by Gasteiger charge is -2.14. The van der Waals surface area contributed by atoms with Crippen LogP contribution in [0.15, 0.2) is 60.7 Å². The summed E-state index contributed by atoms with van der Waals surface area (Å²) in [5, 5.41) is 5.34. The molecule has 0 spiro atoms. The minimum atomic E-state index is -0.588. The van der Waals surface area contributed by atoms with E-state index in [1.807, 2.05) is 0 Å². The van der Waals surface area contributed by atoms with Crippen LogP contribution in [0.1, 0.15) is 27.7 Å². The molecule has 0 atom stereocenters. The Morgan fingerprint density at radius 1 is 0.595 bits per heavy atom. The van der Waals surface area contributed by atoms with Gasteiger partial charge in [0.05, 0.1) is 11.1 Å². The summed E-state index contributed by atoms with van der Waals surface area (Å²) in [6.45, 7) is 4.99. The zero-order valence-corrected chi connectivity index (χ0v) is 20.4.